The number of hydrogen-bond acceptors (Lipinski definition) is 6. The molecule has 2 aromatic carbocycles. The molecule has 27 heavy (non-hydrogen) atoms. The van der Waals surface area contributed by atoms with Gasteiger partial charge in [-0.1, -0.05) is 11.6 Å². The number of fused-ring (bicyclic) bond motifs is 1. The van der Waals surface area contributed by atoms with Crippen LogP contribution in [0.1, 0.15) is 6.42 Å². The van der Waals surface area contributed by atoms with Crippen LogP contribution >= 0.6 is 11.6 Å². The molecule has 0 aromatic heterocycles. The highest BCUT2D eigenvalue weighted by molar-refractivity contribution is 6.30. The van der Waals surface area contributed by atoms with E-state index in [9.17, 15) is 9.59 Å². The van der Waals surface area contributed by atoms with Crippen LogP contribution in [0, 0.1) is 0 Å². The fraction of sp³-hybridized carbons (Fsp3) is 0.263. The lowest BCUT2D eigenvalue weighted by atomic mass is 10.2. The number of hydrogen-bond donors (Lipinski definition) is 1. The SMILES string of the molecule is O=C(COC(=O)COc1ccc(Cl)cc1)Nc1ccc2c(c1)OCCCO2. The molecule has 1 amide bonds. The average molecular weight is 392 g/mol. The zero-order chi connectivity index (χ0) is 19.1. The van der Waals surface area contributed by atoms with Gasteiger partial charge in [-0.15, -0.1) is 0 Å². The number of carbonyl (C=O) groups excluding carboxylic acids is 2. The minimum atomic E-state index is -0.654. The lowest BCUT2D eigenvalue weighted by Gasteiger charge is -2.11. The Kier molecular flexibility index (Phi) is 6.38. The number of halogens is 1. The van der Waals surface area contributed by atoms with Crippen LogP contribution in [-0.4, -0.2) is 38.3 Å². The molecule has 0 saturated heterocycles. The summed E-state index contributed by atoms with van der Waals surface area (Å²) in [6, 6.07) is 11.6. The Morgan fingerprint density at radius 3 is 2.52 bits per heavy atom. The molecule has 0 radical (unpaired) electrons. The van der Waals surface area contributed by atoms with Gasteiger partial charge in [0.05, 0.1) is 13.2 Å². The predicted molar refractivity (Wildman–Crippen MR) is 98.6 cm³/mol. The molecule has 8 heteroatoms. The first-order valence-corrected chi connectivity index (χ1v) is 8.71. The Labute approximate surface area is 161 Å². The van der Waals surface area contributed by atoms with Crippen LogP contribution in [0.4, 0.5) is 5.69 Å². The van der Waals surface area contributed by atoms with E-state index in [1.165, 1.54) is 0 Å². The van der Waals surface area contributed by atoms with Crippen molar-refractivity contribution in [3.05, 3.63) is 47.5 Å². The summed E-state index contributed by atoms with van der Waals surface area (Å²) in [6.07, 6.45) is 0.796. The van der Waals surface area contributed by atoms with Crippen molar-refractivity contribution in [2.45, 2.75) is 6.42 Å². The third kappa shape index (κ3) is 5.79. The number of rotatable bonds is 6. The monoisotopic (exact) mass is 391 g/mol. The van der Waals surface area contributed by atoms with E-state index in [1.54, 1.807) is 42.5 Å². The van der Waals surface area contributed by atoms with Gasteiger partial charge in [0.15, 0.2) is 24.7 Å². The fourth-order valence-electron chi connectivity index (χ4n) is 2.30. The Bertz CT molecular complexity index is 808. The first-order chi connectivity index (χ1) is 13.1. The highest BCUT2D eigenvalue weighted by Gasteiger charge is 2.13. The van der Waals surface area contributed by atoms with Crippen molar-refractivity contribution in [3.8, 4) is 17.2 Å². The first kappa shape index (κ1) is 18.8. The Balaban J connectivity index is 1.43. The van der Waals surface area contributed by atoms with Gasteiger partial charge in [-0.25, -0.2) is 4.79 Å². The highest BCUT2D eigenvalue weighted by atomic mass is 35.5. The normalized spacial score (nSPS) is 12.6. The third-order valence-electron chi connectivity index (χ3n) is 3.57. The number of anilines is 1. The molecule has 0 unspecified atom stereocenters. The minimum absolute atomic E-state index is 0.307. The van der Waals surface area contributed by atoms with E-state index >= 15 is 0 Å². The standard InChI is InChI=1S/C19H18ClNO6/c20-13-2-5-15(6-3-13)26-12-19(23)27-11-18(22)21-14-4-7-16-17(10-14)25-9-1-8-24-16/h2-7,10H,1,8-9,11-12H2,(H,21,22). The van der Waals surface area contributed by atoms with Crippen molar-refractivity contribution in [3.63, 3.8) is 0 Å². The second-order valence-corrected chi connectivity index (χ2v) is 6.10. The summed E-state index contributed by atoms with van der Waals surface area (Å²) in [5.74, 6) is 0.561. The maximum absolute atomic E-state index is 11.9. The summed E-state index contributed by atoms with van der Waals surface area (Å²) in [5, 5.41) is 3.21. The molecule has 1 aliphatic rings. The number of carbonyl (C=O) groups is 2. The number of esters is 1. The quantitative estimate of drug-likeness (QED) is 0.762. The summed E-state index contributed by atoms with van der Waals surface area (Å²) >= 11 is 5.77. The van der Waals surface area contributed by atoms with Gasteiger partial charge >= 0.3 is 5.97 Å². The van der Waals surface area contributed by atoms with E-state index < -0.39 is 18.5 Å². The first-order valence-electron chi connectivity index (χ1n) is 8.33. The predicted octanol–water partition coefficient (Wildman–Crippen LogP) is 3.06. The van der Waals surface area contributed by atoms with Crippen molar-refractivity contribution in [2.75, 3.05) is 31.7 Å². The second kappa shape index (κ2) is 9.14. The molecule has 7 nitrogen and oxygen atoms in total. The Morgan fingerprint density at radius 1 is 1.00 bits per heavy atom. The van der Waals surface area contributed by atoms with Gasteiger partial charge in [-0.3, -0.25) is 4.79 Å². The van der Waals surface area contributed by atoms with Gasteiger partial charge in [0.1, 0.15) is 5.75 Å². The second-order valence-electron chi connectivity index (χ2n) is 5.66. The zero-order valence-electron chi connectivity index (χ0n) is 14.4. The summed E-state index contributed by atoms with van der Waals surface area (Å²) in [4.78, 5) is 23.6. The summed E-state index contributed by atoms with van der Waals surface area (Å²) in [5.41, 5.74) is 0.526. The molecule has 0 aliphatic carbocycles. The molecule has 0 saturated carbocycles. The fourth-order valence-corrected chi connectivity index (χ4v) is 2.42. The molecule has 0 bridgehead atoms. The molecular formula is C19H18ClNO6. The minimum Gasteiger partial charge on any atom is -0.490 e. The average Bonchev–Trinajstić information content (AvgIpc) is 2.91. The molecular weight excluding hydrogens is 374 g/mol. The van der Waals surface area contributed by atoms with Crippen molar-refractivity contribution in [2.24, 2.45) is 0 Å². The number of benzene rings is 2. The highest BCUT2D eigenvalue weighted by Crippen LogP contribution is 2.32. The van der Waals surface area contributed by atoms with Crippen molar-refractivity contribution in [1.82, 2.24) is 0 Å². The largest absolute Gasteiger partial charge is 0.490 e. The molecule has 0 spiro atoms. The number of amides is 1. The van der Waals surface area contributed by atoms with Crippen LogP contribution in [0.25, 0.3) is 0 Å². The molecule has 142 valence electrons. The molecule has 0 atom stereocenters. The van der Waals surface area contributed by atoms with Crippen molar-refractivity contribution >= 4 is 29.2 Å². The van der Waals surface area contributed by atoms with Gasteiger partial charge in [-0.05, 0) is 36.4 Å². The lowest BCUT2D eigenvalue weighted by molar-refractivity contribution is -0.149. The molecule has 2 aromatic rings. The summed E-state index contributed by atoms with van der Waals surface area (Å²) < 4.78 is 21.2. The van der Waals surface area contributed by atoms with Crippen LogP contribution in [0.2, 0.25) is 5.02 Å². The van der Waals surface area contributed by atoms with Crippen LogP contribution in [0.15, 0.2) is 42.5 Å². The van der Waals surface area contributed by atoms with Crippen LogP contribution in [0.3, 0.4) is 0 Å². The van der Waals surface area contributed by atoms with Crippen molar-refractivity contribution < 1.29 is 28.5 Å². The number of nitrogens with one attached hydrogen (secondary N) is 1. The van der Waals surface area contributed by atoms with Gasteiger partial charge in [-0.2, -0.15) is 0 Å². The molecule has 3 rings (SSSR count). The van der Waals surface area contributed by atoms with Crippen molar-refractivity contribution in [1.29, 1.82) is 0 Å². The molecule has 0 fully saturated rings. The summed E-state index contributed by atoms with van der Waals surface area (Å²) in [7, 11) is 0. The smallest absolute Gasteiger partial charge is 0.344 e. The van der Waals surface area contributed by atoms with Crippen LogP contribution in [0.5, 0.6) is 17.2 Å². The molecule has 1 N–H and O–H groups in total. The molecule has 1 heterocycles. The van der Waals surface area contributed by atoms with Gasteiger partial charge in [0.25, 0.3) is 5.91 Å². The third-order valence-corrected chi connectivity index (χ3v) is 3.82. The van der Waals surface area contributed by atoms with Crippen LogP contribution < -0.4 is 19.5 Å². The van der Waals surface area contributed by atoms with Crippen LogP contribution in [-0.2, 0) is 14.3 Å². The van der Waals surface area contributed by atoms with Gasteiger partial charge < -0.3 is 24.3 Å². The Morgan fingerprint density at radius 2 is 1.74 bits per heavy atom. The lowest BCUT2D eigenvalue weighted by Crippen LogP contribution is -2.23. The molecule has 1 aliphatic heterocycles. The van der Waals surface area contributed by atoms with E-state index in [-0.39, 0.29) is 6.61 Å². The van der Waals surface area contributed by atoms with E-state index in [0.717, 1.165) is 6.42 Å². The van der Waals surface area contributed by atoms with E-state index in [0.29, 0.717) is 41.2 Å². The van der Waals surface area contributed by atoms with Gasteiger partial charge in [0, 0.05) is 23.2 Å². The summed E-state index contributed by atoms with van der Waals surface area (Å²) in [6.45, 7) is 0.415. The Hall–Kier alpha value is -2.93. The zero-order valence-corrected chi connectivity index (χ0v) is 15.2. The van der Waals surface area contributed by atoms with E-state index in [1.807, 2.05) is 0 Å². The number of ether oxygens (including phenoxy) is 4. The van der Waals surface area contributed by atoms with E-state index in [2.05, 4.69) is 5.32 Å². The maximum atomic E-state index is 11.9. The topological polar surface area (TPSA) is 83.1 Å². The van der Waals surface area contributed by atoms with Gasteiger partial charge in [0.2, 0.25) is 0 Å². The maximum Gasteiger partial charge on any atom is 0.344 e. The van der Waals surface area contributed by atoms with E-state index in [4.69, 9.17) is 30.5 Å².